The minimum absolute atomic E-state index is 0.239. The number of hydrogen-bond donors (Lipinski definition) is 1. The van der Waals surface area contributed by atoms with E-state index in [0.717, 1.165) is 43.9 Å². The van der Waals surface area contributed by atoms with Gasteiger partial charge in [0.05, 0.1) is 0 Å². The Bertz CT molecular complexity index is 546. The van der Waals surface area contributed by atoms with Gasteiger partial charge in [-0.3, -0.25) is 0 Å². The normalized spacial score (nSPS) is 23.8. The summed E-state index contributed by atoms with van der Waals surface area (Å²) in [6, 6.07) is 3.03. The van der Waals surface area contributed by atoms with Crippen molar-refractivity contribution in [2.45, 2.75) is 37.5 Å². The van der Waals surface area contributed by atoms with Crippen molar-refractivity contribution in [1.82, 2.24) is 4.72 Å². The molecule has 0 unspecified atom stereocenters. The molecule has 0 heterocycles. The standard InChI is InChI=1S/C14H19F2NO2S/c1-10-5-7-11(8-6-10)9-17-20(18,19)14-12(15)3-2-4-13(14)16/h2-4,10-11,17H,5-9H2,1H3. The molecule has 1 aromatic carbocycles. The molecule has 0 aliphatic heterocycles. The second-order valence-electron chi connectivity index (χ2n) is 5.53. The summed E-state index contributed by atoms with van der Waals surface area (Å²) in [5.74, 6) is -1.20. The maximum Gasteiger partial charge on any atom is 0.246 e. The van der Waals surface area contributed by atoms with Gasteiger partial charge in [-0.15, -0.1) is 0 Å². The van der Waals surface area contributed by atoms with Crippen molar-refractivity contribution < 1.29 is 17.2 Å². The SMILES string of the molecule is CC1CCC(CNS(=O)(=O)c2c(F)cccc2F)CC1. The number of nitrogens with one attached hydrogen (secondary N) is 1. The lowest BCUT2D eigenvalue weighted by molar-refractivity contribution is 0.290. The summed E-state index contributed by atoms with van der Waals surface area (Å²) in [5.41, 5.74) is 0. The lowest BCUT2D eigenvalue weighted by Gasteiger charge is -2.26. The summed E-state index contributed by atoms with van der Waals surface area (Å²) < 4.78 is 53.3. The number of halogens is 2. The molecule has 3 nitrogen and oxygen atoms in total. The van der Waals surface area contributed by atoms with Gasteiger partial charge < -0.3 is 0 Å². The van der Waals surface area contributed by atoms with Crippen LogP contribution in [-0.4, -0.2) is 15.0 Å². The van der Waals surface area contributed by atoms with Crippen LogP contribution in [0.3, 0.4) is 0 Å². The van der Waals surface area contributed by atoms with E-state index < -0.39 is 26.6 Å². The Morgan fingerprint density at radius 2 is 1.70 bits per heavy atom. The van der Waals surface area contributed by atoms with Crippen molar-refractivity contribution in [3.8, 4) is 0 Å². The minimum Gasteiger partial charge on any atom is -0.211 e. The third-order valence-electron chi connectivity index (χ3n) is 3.89. The van der Waals surface area contributed by atoms with E-state index in [1.807, 2.05) is 0 Å². The smallest absolute Gasteiger partial charge is 0.211 e. The van der Waals surface area contributed by atoms with Gasteiger partial charge in [-0.25, -0.2) is 21.9 Å². The van der Waals surface area contributed by atoms with Crippen LogP contribution in [-0.2, 0) is 10.0 Å². The highest BCUT2D eigenvalue weighted by molar-refractivity contribution is 7.89. The van der Waals surface area contributed by atoms with Crippen LogP contribution in [0, 0.1) is 23.5 Å². The summed E-state index contributed by atoms with van der Waals surface area (Å²) in [6.45, 7) is 2.41. The van der Waals surface area contributed by atoms with Crippen LogP contribution in [0.25, 0.3) is 0 Å². The lowest BCUT2D eigenvalue weighted by Crippen LogP contribution is -2.32. The first-order valence-electron chi connectivity index (χ1n) is 6.84. The number of hydrogen-bond acceptors (Lipinski definition) is 2. The van der Waals surface area contributed by atoms with Gasteiger partial charge in [0.25, 0.3) is 0 Å². The molecule has 0 radical (unpaired) electrons. The van der Waals surface area contributed by atoms with E-state index in [2.05, 4.69) is 11.6 Å². The zero-order valence-electron chi connectivity index (χ0n) is 11.4. The molecule has 1 aliphatic carbocycles. The van der Waals surface area contributed by atoms with Crippen molar-refractivity contribution in [2.75, 3.05) is 6.54 Å². The van der Waals surface area contributed by atoms with Crippen LogP contribution in [0.1, 0.15) is 32.6 Å². The molecule has 0 aromatic heterocycles. The van der Waals surface area contributed by atoms with E-state index in [1.165, 1.54) is 0 Å². The molecule has 112 valence electrons. The highest BCUT2D eigenvalue weighted by atomic mass is 32.2. The third-order valence-corrected chi connectivity index (χ3v) is 5.36. The monoisotopic (exact) mass is 303 g/mol. The number of benzene rings is 1. The molecule has 1 N–H and O–H groups in total. The molecule has 2 rings (SSSR count). The predicted octanol–water partition coefficient (Wildman–Crippen LogP) is 3.07. The summed E-state index contributed by atoms with van der Waals surface area (Å²) in [5, 5.41) is 0. The fourth-order valence-corrected chi connectivity index (χ4v) is 3.82. The van der Waals surface area contributed by atoms with Crippen LogP contribution in [0.2, 0.25) is 0 Å². The average Bonchev–Trinajstić information content (AvgIpc) is 2.37. The first-order chi connectivity index (χ1) is 9.40. The maximum atomic E-state index is 13.5. The van der Waals surface area contributed by atoms with Gasteiger partial charge in [-0.2, -0.15) is 0 Å². The van der Waals surface area contributed by atoms with Crippen LogP contribution >= 0.6 is 0 Å². The number of sulfonamides is 1. The zero-order chi connectivity index (χ0) is 14.8. The Morgan fingerprint density at radius 1 is 1.15 bits per heavy atom. The molecule has 0 atom stereocenters. The van der Waals surface area contributed by atoms with Gasteiger partial charge >= 0.3 is 0 Å². The molecule has 1 aromatic rings. The maximum absolute atomic E-state index is 13.5. The Kier molecular flexibility index (Phi) is 4.75. The van der Waals surface area contributed by atoms with Gasteiger partial charge in [0.15, 0.2) is 4.90 Å². The van der Waals surface area contributed by atoms with Crippen LogP contribution in [0.15, 0.2) is 23.1 Å². The summed E-state index contributed by atoms with van der Waals surface area (Å²) in [7, 11) is -4.13. The molecular formula is C14H19F2NO2S. The van der Waals surface area contributed by atoms with Gasteiger partial charge in [0, 0.05) is 6.54 Å². The van der Waals surface area contributed by atoms with Crippen LogP contribution in [0.4, 0.5) is 8.78 Å². The highest BCUT2D eigenvalue weighted by Crippen LogP contribution is 2.28. The zero-order valence-corrected chi connectivity index (χ0v) is 12.2. The van der Waals surface area contributed by atoms with Gasteiger partial charge in [0.2, 0.25) is 10.0 Å². The van der Waals surface area contributed by atoms with E-state index in [0.29, 0.717) is 5.92 Å². The van der Waals surface area contributed by atoms with E-state index in [9.17, 15) is 17.2 Å². The molecule has 0 spiro atoms. The van der Waals surface area contributed by atoms with Gasteiger partial charge in [0.1, 0.15) is 11.6 Å². The molecule has 0 saturated heterocycles. The third kappa shape index (κ3) is 3.55. The molecule has 1 saturated carbocycles. The highest BCUT2D eigenvalue weighted by Gasteiger charge is 2.25. The average molecular weight is 303 g/mol. The van der Waals surface area contributed by atoms with Gasteiger partial charge in [-0.1, -0.05) is 25.8 Å². The summed E-state index contributed by atoms with van der Waals surface area (Å²) in [4.78, 5) is -0.885. The molecule has 0 amide bonds. The largest absolute Gasteiger partial charge is 0.246 e. The Labute approximate surface area is 118 Å². The van der Waals surface area contributed by atoms with E-state index in [-0.39, 0.29) is 12.5 Å². The Balaban J connectivity index is 2.05. The molecular weight excluding hydrogens is 284 g/mol. The molecule has 1 aliphatic rings. The second kappa shape index (κ2) is 6.18. The van der Waals surface area contributed by atoms with E-state index in [1.54, 1.807) is 0 Å². The van der Waals surface area contributed by atoms with Crippen molar-refractivity contribution in [2.24, 2.45) is 11.8 Å². The molecule has 6 heteroatoms. The van der Waals surface area contributed by atoms with E-state index >= 15 is 0 Å². The number of rotatable bonds is 4. The molecule has 0 bridgehead atoms. The predicted molar refractivity (Wildman–Crippen MR) is 72.7 cm³/mol. The topological polar surface area (TPSA) is 46.2 Å². The fraction of sp³-hybridized carbons (Fsp3) is 0.571. The molecule has 1 fully saturated rings. The van der Waals surface area contributed by atoms with E-state index in [4.69, 9.17) is 0 Å². The Morgan fingerprint density at radius 3 is 2.25 bits per heavy atom. The second-order valence-corrected chi connectivity index (χ2v) is 7.23. The first kappa shape index (κ1) is 15.4. The van der Waals surface area contributed by atoms with Crippen molar-refractivity contribution >= 4 is 10.0 Å². The van der Waals surface area contributed by atoms with Crippen molar-refractivity contribution in [3.05, 3.63) is 29.8 Å². The van der Waals surface area contributed by atoms with Gasteiger partial charge in [-0.05, 0) is 36.8 Å². The summed E-state index contributed by atoms with van der Waals surface area (Å²) >= 11 is 0. The molecule has 20 heavy (non-hydrogen) atoms. The Hall–Kier alpha value is -1.01. The first-order valence-corrected chi connectivity index (χ1v) is 8.32. The fourth-order valence-electron chi connectivity index (χ4n) is 2.57. The van der Waals surface area contributed by atoms with Crippen molar-refractivity contribution in [1.29, 1.82) is 0 Å². The summed E-state index contributed by atoms with van der Waals surface area (Å²) in [6.07, 6.45) is 4.04. The van der Waals surface area contributed by atoms with Crippen LogP contribution in [0.5, 0.6) is 0 Å². The quantitative estimate of drug-likeness (QED) is 0.929. The van der Waals surface area contributed by atoms with Crippen LogP contribution < -0.4 is 4.72 Å². The van der Waals surface area contributed by atoms with Crippen molar-refractivity contribution in [3.63, 3.8) is 0 Å². The lowest BCUT2D eigenvalue weighted by atomic mass is 9.83. The minimum atomic E-state index is -4.13.